The van der Waals surface area contributed by atoms with E-state index in [9.17, 15) is 9.59 Å². The second-order valence-corrected chi connectivity index (χ2v) is 7.50. The Morgan fingerprint density at radius 3 is 2.86 bits per heavy atom. The molecule has 1 aromatic rings. The monoisotopic (exact) mass is 361 g/mol. The third-order valence-corrected chi connectivity index (χ3v) is 5.78. The highest BCUT2D eigenvalue weighted by atomic mass is 35.5. The summed E-state index contributed by atoms with van der Waals surface area (Å²) in [5.41, 5.74) is 0. The van der Waals surface area contributed by atoms with E-state index < -0.39 is 22.9 Å². The summed E-state index contributed by atoms with van der Waals surface area (Å²) in [6.07, 6.45) is 1.07. The highest BCUT2D eigenvalue weighted by molar-refractivity contribution is 8.01. The first-order valence-electron chi connectivity index (χ1n) is 6.79. The first-order valence-corrected chi connectivity index (χ1v) is 8.36. The van der Waals surface area contributed by atoms with Crippen LogP contribution in [0.2, 0.25) is 10.0 Å². The average Bonchev–Trinajstić information content (AvgIpc) is 2.46. The Balaban J connectivity index is 1.86. The lowest BCUT2D eigenvalue weighted by Crippen LogP contribution is -2.72. The quantitative estimate of drug-likeness (QED) is 0.605. The van der Waals surface area contributed by atoms with Crippen LogP contribution in [0.1, 0.15) is 19.8 Å². The maximum absolute atomic E-state index is 11.5. The van der Waals surface area contributed by atoms with Crippen molar-refractivity contribution in [1.29, 1.82) is 0 Å². The fraction of sp³-hybridized carbons (Fsp3) is 0.429. The van der Waals surface area contributed by atoms with Crippen LogP contribution in [0.25, 0.3) is 0 Å². The van der Waals surface area contributed by atoms with Gasteiger partial charge in [0.2, 0.25) is 6.23 Å². The van der Waals surface area contributed by atoms with Gasteiger partial charge in [0.25, 0.3) is 0 Å². The van der Waals surface area contributed by atoms with E-state index in [1.54, 1.807) is 18.2 Å². The van der Waals surface area contributed by atoms with Crippen molar-refractivity contribution in [3.05, 3.63) is 28.2 Å². The van der Waals surface area contributed by atoms with E-state index in [-0.39, 0.29) is 0 Å². The summed E-state index contributed by atoms with van der Waals surface area (Å²) < 4.78 is 4.82. The summed E-state index contributed by atoms with van der Waals surface area (Å²) in [5, 5.41) is 2.56. The van der Waals surface area contributed by atoms with Crippen LogP contribution < -0.4 is 0 Å². The van der Waals surface area contributed by atoms with Gasteiger partial charge in [-0.3, -0.25) is 0 Å². The van der Waals surface area contributed by atoms with Crippen molar-refractivity contribution < 1.29 is 19.2 Å². The molecule has 3 rings (SSSR count). The molecule has 8 heteroatoms. The van der Waals surface area contributed by atoms with Crippen molar-refractivity contribution in [3.63, 3.8) is 0 Å². The molecule has 0 N–H and O–H groups in total. The van der Waals surface area contributed by atoms with Gasteiger partial charge in [0, 0.05) is 9.92 Å². The molecule has 0 saturated carbocycles. The molecule has 118 valence electrons. The van der Waals surface area contributed by atoms with Crippen LogP contribution in [-0.4, -0.2) is 34.5 Å². The second kappa shape index (κ2) is 5.92. The van der Waals surface area contributed by atoms with Crippen LogP contribution in [0.5, 0.6) is 0 Å². The molecule has 22 heavy (non-hydrogen) atoms. The maximum atomic E-state index is 11.5. The number of benzene rings is 1. The molecule has 2 atom stereocenters. The summed E-state index contributed by atoms with van der Waals surface area (Å²) in [5.74, 6) is -1.94. The second-order valence-electron chi connectivity index (χ2n) is 5.20. The molecule has 0 radical (unpaired) electrons. The molecule has 2 heterocycles. The summed E-state index contributed by atoms with van der Waals surface area (Å²) in [6.45, 7) is 2.51. The Labute approximate surface area is 141 Å². The van der Waals surface area contributed by atoms with Gasteiger partial charge in [-0.25, -0.2) is 9.59 Å². The minimum absolute atomic E-state index is 0.403. The van der Waals surface area contributed by atoms with Crippen molar-refractivity contribution >= 4 is 46.9 Å². The number of carbonyl (C=O) groups is 2. The number of nitrogens with zero attached hydrogens (tertiary/aromatic N) is 1. The summed E-state index contributed by atoms with van der Waals surface area (Å²) in [7, 11) is 0. The van der Waals surface area contributed by atoms with E-state index in [0.29, 0.717) is 16.6 Å². The van der Waals surface area contributed by atoms with Crippen molar-refractivity contribution in [2.45, 2.75) is 35.6 Å². The van der Waals surface area contributed by atoms with Crippen molar-refractivity contribution in [2.24, 2.45) is 0 Å². The van der Waals surface area contributed by atoms with Crippen LogP contribution in [0, 0.1) is 0 Å². The highest BCUT2D eigenvalue weighted by Crippen LogP contribution is 2.51. The maximum Gasteiger partial charge on any atom is 0.436 e. The van der Waals surface area contributed by atoms with Gasteiger partial charge in [0.05, 0.1) is 16.3 Å². The van der Waals surface area contributed by atoms with E-state index in [4.69, 9.17) is 32.8 Å². The van der Waals surface area contributed by atoms with Crippen LogP contribution in [0.4, 0.5) is 0 Å². The minimum atomic E-state index is -0.980. The zero-order valence-electron chi connectivity index (χ0n) is 11.7. The Morgan fingerprint density at radius 2 is 2.14 bits per heavy atom. The molecule has 0 aromatic heterocycles. The molecule has 2 fully saturated rings. The van der Waals surface area contributed by atoms with Crippen molar-refractivity contribution in [3.8, 4) is 0 Å². The standard InChI is InChI=1S/C14H13Cl2NO4S/c1-2-5-14(22-10-6-8(15)3-4-9(10)16)7-17-13(14)20-11(18)12(19)21-17/h3-4,6,13H,2,5,7H2,1H3. The smallest absolute Gasteiger partial charge is 0.433 e. The lowest BCUT2D eigenvalue weighted by Gasteiger charge is -2.54. The van der Waals surface area contributed by atoms with Gasteiger partial charge in [-0.2, -0.15) is 0 Å². The normalized spacial score (nSPS) is 27.7. The third kappa shape index (κ3) is 2.69. The fourth-order valence-electron chi connectivity index (χ4n) is 2.65. The first-order chi connectivity index (χ1) is 10.4. The topological polar surface area (TPSA) is 55.8 Å². The number of fused-ring (bicyclic) bond motifs is 1. The van der Waals surface area contributed by atoms with E-state index >= 15 is 0 Å². The third-order valence-electron chi connectivity index (χ3n) is 3.60. The first kappa shape index (κ1) is 15.9. The van der Waals surface area contributed by atoms with E-state index in [2.05, 4.69) is 0 Å². The number of hydrogen-bond acceptors (Lipinski definition) is 6. The lowest BCUT2D eigenvalue weighted by molar-refractivity contribution is -0.314. The number of halogens is 2. The molecule has 0 aliphatic carbocycles. The Bertz CT molecular complexity index is 641. The average molecular weight is 362 g/mol. The van der Waals surface area contributed by atoms with Crippen LogP contribution in [-0.2, 0) is 19.2 Å². The molecular weight excluding hydrogens is 349 g/mol. The Hall–Kier alpha value is -0.950. The number of esters is 1. The number of thioether (sulfide) groups is 1. The van der Waals surface area contributed by atoms with Crippen LogP contribution >= 0.6 is 35.0 Å². The van der Waals surface area contributed by atoms with Crippen molar-refractivity contribution in [2.75, 3.05) is 6.54 Å². The summed E-state index contributed by atoms with van der Waals surface area (Å²) in [6, 6.07) is 5.23. The fourth-order valence-corrected chi connectivity index (χ4v) is 4.67. The van der Waals surface area contributed by atoms with Gasteiger partial charge in [-0.15, -0.1) is 11.8 Å². The van der Waals surface area contributed by atoms with E-state index in [0.717, 1.165) is 17.7 Å². The molecule has 2 saturated heterocycles. The van der Waals surface area contributed by atoms with Gasteiger partial charge < -0.3 is 9.57 Å². The zero-order valence-corrected chi connectivity index (χ0v) is 14.0. The van der Waals surface area contributed by atoms with Crippen molar-refractivity contribution in [1.82, 2.24) is 5.06 Å². The molecule has 0 spiro atoms. The minimum Gasteiger partial charge on any atom is -0.433 e. The number of hydroxylamine groups is 2. The lowest BCUT2D eigenvalue weighted by atomic mass is 9.92. The summed E-state index contributed by atoms with van der Waals surface area (Å²) in [4.78, 5) is 28.4. The molecule has 0 bridgehead atoms. The van der Waals surface area contributed by atoms with Crippen LogP contribution in [0.15, 0.2) is 23.1 Å². The Morgan fingerprint density at radius 1 is 1.36 bits per heavy atom. The molecule has 1 aromatic carbocycles. The SMILES string of the molecule is CCCC1(Sc2cc(Cl)ccc2Cl)CN2OC(=O)C(=O)OC21. The number of ether oxygens (including phenoxy) is 1. The molecule has 5 nitrogen and oxygen atoms in total. The Kier molecular flexibility index (Phi) is 4.29. The molecule has 2 aliphatic rings. The van der Waals surface area contributed by atoms with Gasteiger partial charge >= 0.3 is 11.9 Å². The predicted molar refractivity (Wildman–Crippen MR) is 82.6 cm³/mol. The largest absolute Gasteiger partial charge is 0.436 e. The van der Waals surface area contributed by atoms with Gasteiger partial charge in [-0.1, -0.05) is 41.6 Å². The number of rotatable bonds is 4. The highest BCUT2D eigenvalue weighted by Gasteiger charge is 2.61. The van der Waals surface area contributed by atoms with E-state index in [1.165, 1.54) is 16.8 Å². The molecular formula is C14H13Cl2NO4S. The van der Waals surface area contributed by atoms with E-state index in [1.807, 2.05) is 6.92 Å². The number of carbonyl (C=O) groups excluding carboxylic acids is 2. The number of hydrogen-bond donors (Lipinski definition) is 0. The molecule has 2 unspecified atom stereocenters. The molecule has 0 amide bonds. The summed E-state index contributed by atoms with van der Waals surface area (Å²) >= 11 is 13.8. The van der Waals surface area contributed by atoms with Gasteiger partial charge in [-0.05, 0) is 24.6 Å². The van der Waals surface area contributed by atoms with Gasteiger partial charge in [0.15, 0.2) is 0 Å². The predicted octanol–water partition coefficient (Wildman–Crippen LogP) is 3.28. The van der Waals surface area contributed by atoms with Crippen LogP contribution in [0.3, 0.4) is 0 Å². The van der Waals surface area contributed by atoms with Gasteiger partial charge in [0.1, 0.15) is 0 Å². The molecule has 2 aliphatic heterocycles. The zero-order chi connectivity index (χ0) is 15.9.